The van der Waals surface area contributed by atoms with Crippen LogP contribution in [0.3, 0.4) is 0 Å². The van der Waals surface area contributed by atoms with E-state index in [9.17, 15) is 19.5 Å². The fourth-order valence-corrected chi connectivity index (χ4v) is 7.99. The van der Waals surface area contributed by atoms with E-state index in [1.807, 2.05) is 112 Å². The van der Waals surface area contributed by atoms with Crippen LogP contribution in [0.1, 0.15) is 27.2 Å². The number of benzene rings is 3. The monoisotopic (exact) mass is 635 g/mol. The van der Waals surface area contributed by atoms with Crippen LogP contribution in [0.5, 0.6) is 5.75 Å². The number of ether oxygens (including phenoxy) is 2. The lowest BCUT2D eigenvalue weighted by molar-refractivity contribution is -0.144. The molecule has 7 rings (SSSR count). The number of aliphatic hydroxyl groups excluding tert-OH is 1. The molecule has 4 aliphatic rings. The summed E-state index contributed by atoms with van der Waals surface area (Å²) < 4.78 is 12.4. The van der Waals surface area contributed by atoms with Crippen LogP contribution in [0, 0.1) is 17.8 Å². The Hall–Kier alpha value is -4.47. The number of fused-ring (bicyclic) bond motifs is 3. The molecule has 2 saturated heterocycles. The minimum absolute atomic E-state index is 0.149. The Kier molecular flexibility index (Phi) is 8.14. The van der Waals surface area contributed by atoms with Crippen LogP contribution in [-0.4, -0.2) is 77.8 Å². The number of amides is 3. The Morgan fingerprint density at radius 1 is 0.894 bits per heavy atom. The van der Waals surface area contributed by atoms with Crippen LogP contribution in [0.15, 0.2) is 91.0 Å². The van der Waals surface area contributed by atoms with E-state index in [0.29, 0.717) is 36.7 Å². The molecule has 1 unspecified atom stereocenters. The standard InChI is InChI=1S/C38H41N3O6/c1-4-46-30-16-14-27(15-17-30)39-19-7-11-31-32(35(39)43)33-36(44)41(29(23-42)21-24(2)3)34-37(45)40(20-8-18-38(33,34)47-31)28-13-12-25-9-5-6-10-26(25)22-28/h5-18,22,24,29,31-34,42H,4,19-21,23H2,1-3H3/t29-,31+,32-,33+,34?,38+/m1/s1. The van der Waals surface area contributed by atoms with Gasteiger partial charge in [-0.15, -0.1) is 0 Å². The molecule has 9 nitrogen and oxygen atoms in total. The molecular formula is C38H41N3O6. The van der Waals surface area contributed by atoms with E-state index >= 15 is 0 Å². The summed E-state index contributed by atoms with van der Waals surface area (Å²) in [6.45, 7) is 6.79. The highest BCUT2D eigenvalue weighted by atomic mass is 16.5. The maximum Gasteiger partial charge on any atom is 0.253 e. The highest BCUT2D eigenvalue weighted by molar-refractivity contribution is 6.08. The third-order valence-electron chi connectivity index (χ3n) is 9.95. The number of hydrogen-bond donors (Lipinski definition) is 1. The molecule has 3 aromatic carbocycles. The van der Waals surface area contributed by atoms with Crippen LogP contribution >= 0.6 is 0 Å². The van der Waals surface area contributed by atoms with Crippen molar-refractivity contribution in [2.75, 3.05) is 36.1 Å². The van der Waals surface area contributed by atoms with E-state index in [0.717, 1.165) is 10.8 Å². The average Bonchev–Trinajstić information content (AvgIpc) is 3.39. The second kappa shape index (κ2) is 12.3. The summed E-state index contributed by atoms with van der Waals surface area (Å²) in [6.07, 6.45) is 7.29. The summed E-state index contributed by atoms with van der Waals surface area (Å²) in [4.78, 5) is 49.1. The lowest BCUT2D eigenvalue weighted by Gasteiger charge is -2.39. The highest BCUT2D eigenvalue weighted by Gasteiger charge is 2.72. The van der Waals surface area contributed by atoms with Crippen molar-refractivity contribution in [2.24, 2.45) is 17.8 Å². The molecule has 0 aliphatic carbocycles. The summed E-state index contributed by atoms with van der Waals surface area (Å²) in [5, 5.41) is 12.7. The highest BCUT2D eigenvalue weighted by Crippen LogP contribution is 2.54. The number of hydrogen-bond acceptors (Lipinski definition) is 6. The van der Waals surface area contributed by atoms with Crippen molar-refractivity contribution < 1.29 is 29.0 Å². The van der Waals surface area contributed by atoms with Gasteiger partial charge in [-0.05, 0) is 66.4 Å². The summed E-state index contributed by atoms with van der Waals surface area (Å²) >= 11 is 0. The minimum atomic E-state index is -1.39. The molecule has 9 heteroatoms. The van der Waals surface area contributed by atoms with E-state index < -0.39 is 35.6 Å². The van der Waals surface area contributed by atoms with Crippen LogP contribution in [0.4, 0.5) is 11.4 Å². The fourth-order valence-electron chi connectivity index (χ4n) is 7.99. The number of nitrogens with zero attached hydrogens (tertiary/aromatic N) is 3. The average molecular weight is 636 g/mol. The molecule has 0 aromatic heterocycles. The van der Waals surface area contributed by atoms with Gasteiger partial charge < -0.3 is 29.3 Å². The Labute approximate surface area is 275 Å². The second-order valence-electron chi connectivity index (χ2n) is 13.2. The van der Waals surface area contributed by atoms with Crippen LogP contribution in [0.2, 0.25) is 0 Å². The van der Waals surface area contributed by atoms with E-state index in [2.05, 4.69) is 0 Å². The van der Waals surface area contributed by atoms with E-state index in [4.69, 9.17) is 9.47 Å². The van der Waals surface area contributed by atoms with Crippen LogP contribution in [0.25, 0.3) is 10.8 Å². The predicted octanol–water partition coefficient (Wildman–Crippen LogP) is 4.73. The number of aliphatic hydroxyl groups is 1. The van der Waals surface area contributed by atoms with Crippen molar-refractivity contribution in [3.63, 3.8) is 0 Å². The van der Waals surface area contributed by atoms with Crippen molar-refractivity contribution >= 4 is 39.9 Å². The molecule has 4 aliphatic heterocycles. The van der Waals surface area contributed by atoms with Gasteiger partial charge in [0, 0.05) is 24.5 Å². The van der Waals surface area contributed by atoms with Gasteiger partial charge in [0.2, 0.25) is 11.8 Å². The van der Waals surface area contributed by atoms with Gasteiger partial charge in [0.15, 0.2) is 0 Å². The molecule has 4 heterocycles. The molecule has 2 fully saturated rings. The van der Waals surface area contributed by atoms with Crippen molar-refractivity contribution in [1.29, 1.82) is 0 Å². The number of anilines is 2. The quantitative estimate of drug-likeness (QED) is 0.360. The van der Waals surface area contributed by atoms with E-state index in [1.54, 1.807) is 14.7 Å². The molecule has 0 radical (unpaired) electrons. The first-order valence-corrected chi connectivity index (χ1v) is 16.6. The van der Waals surface area contributed by atoms with E-state index in [1.165, 1.54) is 0 Å². The first kappa shape index (κ1) is 31.1. The van der Waals surface area contributed by atoms with Gasteiger partial charge >= 0.3 is 0 Å². The Bertz CT molecular complexity index is 1750. The Morgan fingerprint density at radius 2 is 1.60 bits per heavy atom. The van der Waals surface area contributed by atoms with Gasteiger partial charge in [0.05, 0.1) is 37.2 Å². The normalized spacial score (nSPS) is 27.6. The molecule has 3 amide bonds. The van der Waals surface area contributed by atoms with Gasteiger partial charge in [0.25, 0.3) is 5.91 Å². The Morgan fingerprint density at radius 3 is 2.32 bits per heavy atom. The van der Waals surface area contributed by atoms with Gasteiger partial charge in [-0.25, -0.2) is 0 Å². The number of rotatable bonds is 8. The molecule has 3 aromatic rings. The molecule has 47 heavy (non-hydrogen) atoms. The second-order valence-corrected chi connectivity index (χ2v) is 13.2. The zero-order valence-corrected chi connectivity index (χ0v) is 27.0. The van der Waals surface area contributed by atoms with Crippen LogP contribution < -0.4 is 14.5 Å². The minimum Gasteiger partial charge on any atom is -0.494 e. The summed E-state index contributed by atoms with van der Waals surface area (Å²) in [5.74, 6) is -1.82. The van der Waals surface area contributed by atoms with E-state index in [-0.39, 0.29) is 36.8 Å². The fraction of sp³-hybridized carbons (Fsp3) is 0.395. The zero-order valence-electron chi connectivity index (χ0n) is 27.0. The number of likely N-dealkylation sites (tertiary alicyclic amines) is 1. The number of carbonyl (C=O) groups excluding carboxylic acids is 3. The lowest BCUT2D eigenvalue weighted by atomic mass is 9.77. The van der Waals surface area contributed by atoms with Gasteiger partial charge in [-0.3, -0.25) is 14.4 Å². The topological polar surface area (TPSA) is 99.6 Å². The van der Waals surface area contributed by atoms with Gasteiger partial charge in [-0.1, -0.05) is 68.5 Å². The SMILES string of the molecule is CCOc1ccc(N2CC=C[C@@H]3O[C@]45C=CCN(c6ccc7ccccc7c6)C(=O)C4N([C@@H](CO)CC(C)C)C(=O)[C@@H]5[C@@H]3C2=O)cc1. The predicted molar refractivity (Wildman–Crippen MR) is 180 cm³/mol. The maximum atomic E-state index is 14.9. The Balaban J connectivity index is 1.31. The van der Waals surface area contributed by atoms with Crippen molar-refractivity contribution in [1.82, 2.24) is 4.90 Å². The third-order valence-corrected chi connectivity index (χ3v) is 9.95. The van der Waals surface area contributed by atoms with Crippen LogP contribution in [-0.2, 0) is 19.1 Å². The molecule has 6 atom stereocenters. The van der Waals surface area contributed by atoms with Gasteiger partial charge in [0.1, 0.15) is 17.4 Å². The zero-order chi connectivity index (χ0) is 32.9. The smallest absolute Gasteiger partial charge is 0.253 e. The molecule has 1 spiro atoms. The molecule has 1 N–H and O–H groups in total. The summed E-state index contributed by atoms with van der Waals surface area (Å²) in [6, 6.07) is 19.5. The first-order chi connectivity index (χ1) is 22.8. The number of carbonyl (C=O) groups is 3. The van der Waals surface area contributed by atoms with Crippen molar-refractivity contribution in [2.45, 2.75) is 51.0 Å². The first-order valence-electron chi connectivity index (χ1n) is 16.6. The lowest BCUT2D eigenvalue weighted by Crippen LogP contribution is -2.58. The largest absolute Gasteiger partial charge is 0.494 e. The summed E-state index contributed by atoms with van der Waals surface area (Å²) in [7, 11) is 0. The van der Waals surface area contributed by atoms with Crippen molar-refractivity contribution in [3.05, 3.63) is 91.0 Å². The molecule has 0 bridgehead atoms. The molecular weight excluding hydrogens is 594 g/mol. The third kappa shape index (κ3) is 5.12. The molecule has 0 saturated carbocycles. The maximum absolute atomic E-state index is 14.9. The molecule has 244 valence electrons. The van der Waals surface area contributed by atoms with Crippen molar-refractivity contribution in [3.8, 4) is 5.75 Å². The van der Waals surface area contributed by atoms with Gasteiger partial charge in [-0.2, -0.15) is 0 Å². The summed E-state index contributed by atoms with van der Waals surface area (Å²) in [5.41, 5.74) is 0.00788.